The summed E-state index contributed by atoms with van der Waals surface area (Å²) in [7, 11) is 0. The van der Waals surface area contributed by atoms with Crippen LogP contribution in [0.3, 0.4) is 0 Å². The Morgan fingerprint density at radius 2 is 1.89 bits per heavy atom. The van der Waals surface area contributed by atoms with Gasteiger partial charge in [-0.25, -0.2) is 4.39 Å². The lowest BCUT2D eigenvalue weighted by molar-refractivity contribution is 0.612. The maximum absolute atomic E-state index is 13.6. The number of hydrogen-bond acceptors (Lipinski definition) is 3. The van der Waals surface area contributed by atoms with Gasteiger partial charge in [-0.1, -0.05) is 0 Å². The molecule has 4 heteroatoms. The Bertz CT molecular complexity index is 768. The van der Waals surface area contributed by atoms with Gasteiger partial charge in [-0.2, -0.15) is 0 Å². The van der Waals surface area contributed by atoms with Crippen molar-refractivity contribution in [3.63, 3.8) is 0 Å². The van der Waals surface area contributed by atoms with Crippen molar-refractivity contribution in [3.05, 3.63) is 54.0 Å². The van der Waals surface area contributed by atoms with Crippen LogP contribution < -0.4 is 0 Å². The number of rotatable bonds is 1. The zero-order valence-electron chi connectivity index (χ0n) is 10.7. The highest BCUT2D eigenvalue weighted by Gasteiger charge is 2.10. The second-order valence-corrected chi connectivity index (χ2v) is 4.48. The third-order valence-electron chi connectivity index (χ3n) is 3.25. The molecule has 0 spiro atoms. The van der Waals surface area contributed by atoms with Gasteiger partial charge in [0.05, 0.1) is 11.9 Å². The molecule has 0 atom stereocenters. The summed E-state index contributed by atoms with van der Waals surface area (Å²) in [5, 5.41) is 2.05. The molecule has 0 N–H and O–H groups in total. The average Bonchev–Trinajstić information content (AvgIpc) is 2.42. The zero-order valence-corrected chi connectivity index (χ0v) is 10.7. The normalized spacial score (nSPS) is 10.9. The van der Waals surface area contributed by atoms with Crippen molar-refractivity contribution < 1.29 is 4.39 Å². The van der Waals surface area contributed by atoms with Crippen molar-refractivity contribution in [2.45, 2.75) is 13.8 Å². The number of fused-ring (bicyclic) bond motifs is 1. The SMILES string of the molecule is Cc1c(F)cncc1-c1cc2cnccc2c(C)n1. The fourth-order valence-electron chi connectivity index (χ4n) is 2.17. The minimum atomic E-state index is -0.316. The van der Waals surface area contributed by atoms with E-state index in [4.69, 9.17) is 0 Å². The number of aromatic nitrogens is 3. The van der Waals surface area contributed by atoms with E-state index in [0.29, 0.717) is 11.1 Å². The number of hydrogen-bond donors (Lipinski definition) is 0. The van der Waals surface area contributed by atoms with Crippen LogP contribution in [0.25, 0.3) is 22.0 Å². The first-order chi connectivity index (χ1) is 9.16. The lowest BCUT2D eigenvalue weighted by Crippen LogP contribution is -1.95. The summed E-state index contributed by atoms with van der Waals surface area (Å²) >= 11 is 0. The molecule has 3 aromatic rings. The quantitative estimate of drug-likeness (QED) is 0.666. The van der Waals surface area contributed by atoms with Crippen LogP contribution in [0, 0.1) is 19.7 Å². The van der Waals surface area contributed by atoms with Gasteiger partial charge in [0.25, 0.3) is 0 Å². The van der Waals surface area contributed by atoms with Gasteiger partial charge in [-0.15, -0.1) is 0 Å². The van der Waals surface area contributed by atoms with Crippen molar-refractivity contribution >= 4 is 10.8 Å². The summed E-state index contributed by atoms with van der Waals surface area (Å²) in [6, 6.07) is 3.84. The topological polar surface area (TPSA) is 38.7 Å². The Kier molecular flexibility index (Phi) is 2.71. The third kappa shape index (κ3) is 1.95. The lowest BCUT2D eigenvalue weighted by atomic mass is 10.0. The van der Waals surface area contributed by atoms with Crippen LogP contribution in [0.4, 0.5) is 4.39 Å². The fourth-order valence-corrected chi connectivity index (χ4v) is 2.17. The maximum Gasteiger partial charge on any atom is 0.145 e. The number of pyridine rings is 3. The van der Waals surface area contributed by atoms with E-state index in [1.807, 2.05) is 19.1 Å². The summed E-state index contributed by atoms with van der Waals surface area (Å²) in [5.41, 5.74) is 2.90. The molecule has 94 valence electrons. The first-order valence-corrected chi connectivity index (χ1v) is 5.98. The number of aryl methyl sites for hydroxylation is 1. The molecule has 19 heavy (non-hydrogen) atoms. The second kappa shape index (κ2) is 4.39. The minimum Gasteiger partial charge on any atom is -0.264 e. The van der Waals surface area contributed by atoms with Crippen molar-refractivity contribution in [2.75, 3.05) is 0 Å². The number of halogens is 1. The van der Waals surface area contributed by atoms with Crippen molar-refractivity contribution in [3.8, 4) is 11.3 Å². The smallest absolute Gasteiger partial charge is 0.145 e. The fraction of sp³-hybridized carbons (Fsp3) is 0.133. The van der Waals surface area contributed by atoms with E-state index in [2.05, 4.69) is 15.0 Å². The highest BCUT2D eigenvalue weighted by Crippen LogP contribution is 2.26. The summed E-state index contributed by atoms with van der Waals surface area (Å²) in [4.78, 5) is 12.6. The molecule has 3 rings (SSSR count). The Hall–Kier alpha value is -2.36. The van der Waals surface area contributed by atoms with Crippen LogP contribution >= 0.6 is 0 Å². The lowest BCUT2D eigenvalue weighted by Gasteiger charge is -2.08. The van der Waals surface area contributed by atoms with Crippen LogP contribution in [0.2, 0.25) is 0 Å². The maximum atomic E-state index is 13.6. The molecule has 0 aromatic carbocycles. The molecule has 0 fully saturated rings. The molecule has 0 aliphatic heterocycles. The van der Waals surface area contributed by atoms with E-state index in [9.17, 15) is 4.39 Å². The van der Waals surface area contributed by atoms with Gasteiger partial charge < -0.3 is 0 Å². The first-order valence-electron chi connectivity index (χ1n) is 5.98. The van der Waals surface area contributed by atoms with Gasteiger partial charge in [0.1, 0.15) is 5.82 Å². The molecule has 0 saturated carbocycles. The van der Waals surface area contributed by atoms with Crippen LogP contribution in [0.15, 0.2) is 36.9 Å². The van der Waals surface area contributed by atoms with Gasteiger partial charge in [0.15, 0.2) is 0 Å². The Morgan fingerprint density at radius 1 is 1.05 bits per heavy atom. The van der Waals surface area contributed by atoms with Crippen molar-refractivity contribution in [1.82, 2.24) is 15.0 Å². The van der Waals surface area contributed by atoms with E-state index in [-0.39, 0.29) is 5.82 Å². The molecule has 3 aromatic heterocycles. The monoisotopic (exact) mass is 253 g/mol. The van der Waals surface area contributed by atoms with Crippen molar-refractivity contribution in [2.24, 2.45) is 0 Å². The van der Waals surface area contributed by atoms with Gasteiger partial charge in [-0.3, -0.25) is 15.0 Å². The summed E-state index contributed by atoms with van der Waals surface area (Å²) in [6.07, 6.45) is 6.39. The molecule has 0 aliphatic rings. The van der Waals surface area contributed by atoms with Gasteiger partial charge in [0.2, 0.25) is 0 Å². The minimum absolute atomic E-state index is 0.316. The molecule has 0 unspecified atom stereocenters. The zero-order chi connectivity index (χ0) is 13.4. The predicted molar refractivity (Wildman–Crippen MR) is 72.2 cm³/mol. The number of nitrogens with zero attached hydrogens (tertiary/aromatic N) is 3. The van der Waals surface area contributed by atoms with Gasteiger partial charge >= 0.3 is 0 Å². The summed E-state index contributed by atoms with van der Waals surface area (Å²) < 4.78 is 13.6. The third-order valence-corrected chi connectivity index (χ3v) is 3.25. The highest BCUT2D eigenvalue weighted by atomic mass is 19.1. The molecule has 3 heterocycles. The van der Waals surface area contributed by atoms with E-state index >= 15 is 0 Å². The van der Waals surface area contributed by atoms with Crippen LogP contribution in [-0.4, -0.2) is 15.0 Å². The van der Waals surface area contributed by atoms with E-state index in [1.54, 1.807) is 25.5 Å². The van der Waals surface area contributed by atoms with Crippen LogP contribution in [-0.2, 0) is 0 Å². The van der Waals surface area contributed by atoms with Crippen LogP contribution in [0.1, 0.15) is 11.3 Å². The van der Waals surface area contributed by atoms with Gasteiger partial charge in [0, 0.05) is 40.6 Å². The molecular formula is C15H12FN3. The van der Waals surface area contributed by atoms with Crippen LogP contribution in [0.5, 0.6) is 0 Å². The Balaban J connectivity index is 2.29. The summed E-state index contributed by atoms with van der Waals surface area (Å²) in [5.74, 6) is -0.316. The molecule has 0 saturated heterocycles. The van der Waals surface area contributed by atoms with Crippen molar-refractivity contribution in [1.29, 1.82) is 0 Å². The van der Waals surface area contributed by atoms with E-state index in [1.165, 1.54) is 6.20 Å². The van der Waals surface area contributed by atoms with E-state index < -0.39 is 0 Å². The molecular weight excluding hydrogens is 241 g/mol. The Morgan fingerprint density at radius 3 is 2.74 bits per heavy atom. The standard InChI is InChI=1S/C15H12FN3/c1-9-13(7-18-8-14(9)16)15-5-11-6-17-4-3-12(11)10(2)19-15/h3-8H,1-2H3. The molecule has 0 radical (unpaired) electrons. The van der Waals surface area contributed by atoms with E-state index in [0.717, 1.165) is 22.2 Å². The molecule has 3 nitrogen and oxygen atoms in total. The first kappa shape index (κ1) is 11.7. The molecule has 0 amide bonds. The largest absolute Gasteiger partial charge is 0.264 e. The predicted octanol–water partition coefficient (Wildman–Crippen LogP) is 3.45. The molecule has 0 aliphatic carbocycles. The second-order valence-electron chi connectivity index (χ2n) is 4.48. The average molecular weight is 253 g/mol. The Labute approximate surface area is 110 Å². The summed E-state index contributed by atoms with van der Waals surface area (Å²) in [6.45, 7) is 3.67. The highest BCUT2D eigenvalue weighted by molar-refractivity contribution is 5.87. The molecule has 0 bridgehead atoms. The van der Waals surface area contributed by atoms with Gasteiger partial charge in [-0.05, 0) is 31.5 Å².